The molecule has 5 nitrogen and oxygen atoms in total. The molecule has 2 rings (SSSR count). The van der Waals surface area contributed by atoms with Crippen LogP contribution in [0.25, 0.3) is 0 Å². The standard InChI is InChI=1S/C15H19ClN2O3S/c1-21-15(20)13-9-18(5-6-22-13)10-14(19)17-8-11-3-2-4-12(16)7-11/h2-4,7,13H,5-6,8-10H2,1H3,(H,17,19)/p+1/t13-/m0/s1. The molecule has 0 bridgehead atoms. The minimum absolute atomic E-state index is 0.0227. The van der Waals surface area contributed by atoms with Crippen LogP contribution in [0.4, 0.5) is 0 Å². The second kappa shape index (κ2) is 8.41. The Kier molecular flexibility index (Phi) is 6.54. The van der Waals surface area contributed by atoms with Crippen molar-refractivity contribution < 1.29 is 19.2 Å². The highest BCUT2D eigenvalue weighted by Crippen LogP contribution is 2.12. The van der Waals surface area contributed by atoms with Crippen LogP contribution in [-0.2, 0) is 20.9 Å². The summed E-state index contributed by atoms with van der Waals surface area (Å²) in [6.45, 7) is 2.33. The number of rotatable bonds is 5. The van der Waals surface area contributed by atoms with E-state index in [0.29, 0.717) is 24.7 Å². The Hall–Kier alpha value is -1.24. The van der Waals surface area contributed by atoms with Crippen LogP contribution in [0.3, 0.4) is 0 Å². The molecule has 0 spiro atoms. The molecule has 120 valence electrons. The van der Waals surface area contributed by atoms with Gasteiger partial charge in [0.25, 0.3) is 5.91 Å². The van der Waals surface area contributed by atoms with Gasteiger partial charge in [-0.05, 0) is 17.7 Å². The van der Waals surface area contributed by atoms with E-state index in [1.807, 2.05) is 18.2 Å². The summed E-state index contributed by atoms with van der Waals surface area (Å²) in [5.74, 6) is 0.628. The second-order valence-electron chi connectivity index (χ2n) is 5.17. The number of hydrogen-bond donors (Lipinski definition) is 2. The number of hydrogen-bond acceptors (Lipinski definition) is 4. The second-order valence-corrected chi connectivity index (χ2v) is 6.92. The molecule has 7 heteroatoms. The summed E-state index contributed by atoms with van der Waals surface area (Å²) in [7, 11) is 1.40. The molecule has 1 heterocycles. The molecule has 0 aliphatic carbocycles. The molecule has 1 amide bonds. The molecule has 1 unspecified atom stereocenters. The predicted molar refractivity (Wildman–Crippen MR) is 87.1 cm³/mol. The summed E-state index contributed by atoms with van der Waals surface area (Å²) in [5.41, 5.74) is 0.970. The zero-order valence-corrected chi connectivity index (χ0v) is 14.0. The lowest BCUT2D eigenvalue weighted by molar-refractivity contribution is -0.889. The smallest absolute Gasteiger partial charge is 0.324 e. The maximum absolute atomic E-state index is 12.0. The molecule has 0 saturated carbocycles. The first kappa shape index (κ1) is 17.1. The number of methoxy groups -OCH3 is 1. The number of carbonyl (C=O) groups excluding carboxylic acids is 2. The molecule has 0 aromatic heterocycles. The average Bonchev–Trinajstić information content (AvgIpc) is 2.52. The lowest BCUT2D eigenvalue weighted by Gasteiger charge is -2.27. The third-order valence-corrected chi connectivity index (χ3v) is 4.94. The van der Waals surface area contributed by atoms with Crippen LogP contribution in [0.15, 0.2) is 24.3 Å². The monoisotopic (exact) mass is 343 g/mol. The number of thioether (sulfide) groups is 1. The minimum atomic E-state index is -0.207. The van der Waals surface area contributed by atoms with Crippen molar-refractivity contribution in [2.24, 2.45) is 0 Å². The van der Waals surface area contributed by atoms with Crippen molar-refractivity contribution >= 4 is 35.2 Å². The number of carbonyl (C=O) groups is 2. The molecule has 2 N–H and O–H groups in total. The van der Waals surface area contributed by atoms with Crippen LogP contribution >= 0.6 is 23.4 Å². The summed E-state index contributed by atoms with van der Waals surface area (Å²) in [4.78, 5) is 24.7. The number of halogens is 1. The summed E-state index contributed by atoms with van der Waals surface area (Å²) in [6, 6.07) is 7.41. The fourth-order valence-corrected chi connectivity index (χ4v) is 3.84. The molecule has 2 atom stereocenters. The third kappa shape index (κ3) is 5.19. The Morgan fingerprint density at radius 2 is 2.32 bits per heavy atom. The van der Waals surface area contributed by atoms with E-state index >= 15 is 0 Å². The predicted octanol–water partition coefficient (Wildman–Crippen LogP) is 0.130. The Morgan fingerprint density at radius 1 is 1.50 bits per heavy atom. The summed E-state index contributed by atoms with van der Waals surface area (Å²) in [5, 5.41) is 3.38. The number of quaternary nitrogens is 1. The van der Waals surface area contributed by atoms with Gasteiger partial charge < -0.3 is 15.0 Å². The first-order chi connectivity index (χ1) is 10.6. The van der Waals surface area contributed by atoms with E-state index in [-0.39, 0.29) is 17.1 Å². The molecule has 22 heavy (non-hydrogen) atoms. The van der Waals surface area contributed by atoms with Gasteiger partial charge in [0.05, 0.1) is 13.7 Å². The fraction of sp³-hybridized carbons (Fsp3) is 0.467. The zero-order chi connectivity index (χ0) is 15.9. The van der Waals surface area contributed by atoms with Gasteiger partial charge in [-0.2, -0.15) is 0 Å². The Morgan fingerprint density at radius 3 is 3.05 bits per heavy atom. The van der Waals surface area contributed by atoms with Crippen molar-refractivity contribution in [3.63, 3.8) is 0 Å². The molecule has 1 aromatic carbocycles. The van der Waals surface area contributed by atoms with E-state index in [9.17, 15) is 9.59 Å². The highest BCUT2D eigenvalue weighted by atomic mass is 35.5. The maximum atomic E-state index is 12.0. The van der Waals surface area contributed by atoms with E-state index in [2.05, 4.69) is 5.32 Å². The zero-order valence-electron chi connectivity index (χ0n) is 12.4. The van der Waals surface area contributed by atoms with E-state index in [4.69, 9.17) is 16.3 Å². The summed E-state index contributed by atoms with van der Waals surface area (Å²) in [6.07, 6.45) is 0. The van der Waals surface area contributed by atoms with Gasteiger partial charge in [-0.25, -0.2) is 0 Å². The maximum Gasteiger partial charge on any atom is 0.324 e. The van der Waals surface area contributed by atoms with Crippen molar-refractivity contribution in [2.45, 2.75) is 11.8 Å². The van der Waals surface area contributed by atoms with Crippen molar-refractivity contribution in [1.82, 2.24) is 5.32 Å². The number of nitrogens with one attached hydrogen (secondary N) is 2. The van der Waals surface area contributed by atoms with Crippen LogP contribution in [0.5, 0.6) is 0 Å². The van der Waals surface area contributed by atoms with E-state index in [1.54, 1.807) is 17.8 Å². The average molecular weight is 344 g/mol. The Bertz CT molecular complexity index is 541. The van der Waals surface area contributed by atoms with Gasteiger partial charge in [0.2, 0.25) is 0 Å². The first-order valence-corrected chi connectivity index (χ1v) is 8.55. The van der Waals surface area contributed by atoms with Gasteiger partial charge in [0, 0.05) is 17.3 Å². The van der Waals surface area contributed by atoms with Gasteiger partial charge in [0.1, 0.15) is 6.54 Å². The van der Waals surface area contributed by atoms with Crippen LogP contribution < -0.4 is 10.2 Å². The lowest BCUT2D eigenvalue weighted by atomic mass is 10.2. The third-order valence-electron chi connectivity index (χ3n) is 3.50. The fourth-order valence-electron chi connectivity index (χ4n) is 2.35. The van der Waals surface area contributed by atoms with Crippen molar-refractivity contribution in [3.05, 3.63) is 34.9 Å². The number of ether oxygens (including phenoxy) is 1. The van der Waals surface area contributed by atoms with Crippen LogP contribution in [-0.4, -0.2) is 49.6 Å². The van der Waals surface area contributed by atoms with Crippen molar-refractivity contribution in [2.75, 3.05) is 32.5 Å². The van der Waals surface area contributed by atoms with Gasteiger partial charge >= 0.3 is 5.97 Å². The summed E-state index contributed by atoms with van der Waals surface area (Å²) < 4.78 is 4.77. The molecule has 1 aliphatic rings. The largest absolute Gasteiger partial charge is 0.468 e. The highest BCUT2D eigenvalue weighted by molar-refractivity contribution is 8.00. The van der Waals surface area contributed by atoms with Crippen molar-refractivity contribution in [3.8, 4) is 0 Å². The van der Waals surface area contributed by atoms with Crippen LogP contribution in [0.2, 0.25) is 5.02 Å². The molecule has 1 saturated heterocycles. The van der Waals surface area contributed by atoms with Crippen molar-refractivity contribution in [1.29, 1.82) is 0 Å². The normalized spacial score (nSPS) is 21.2. The van der Waals surface area contributed by atoms with Gasteiger partial charge in [-0.3, -0.25) is 9.59 Å². The lowest BCUT2D eigenvalue weighted by Crippen LogP contribution is -3.15. The molecule has 1 fully saturated rings. The topological polar surface area (TPSA) is 59.8 Å². The minimum Gasteiger partial charge on any atom is -0.468 e. The number of benzene rings is 1. The van der Waals surface area contributed by atoms with Crippen LogP contribution in [0, 0.1) is 0 Å². The van der Waals surface area contributed by atoms with E-state index in [0.717, 1.165) is 22.8 Å². The van der Waals surface area contributed by atoms with Gasteiger partial charge in [-0.15, -0.1) is 11.8 Å². The summed E-state index contributed by atoms with van der Waals surface area (Å²) >= 11 is 7.51. The quantitative estimate of drug-likeness (QED) is 0.746. The molecule has 0 radical (unpaired) electrons. The SMILES string of the molecule is COC(=O)[C@@H]1C[NH+](CC(=O)NCc2cccc(Cl)c2)CCS1. The van der Waals surface area contributed by atoms with Crippen LogP contribution in [0.1, 0.15) is 5.56 Å². The number of esters is 1. The Labute approximate surface area is 139 Å². The van der Waals surface area contributed by atoms with E-state index < -0.39 is 0 Å². The first-order valence-electron chi connectivity index (χ1n) is 7.12. The molecule has 1 aliphatic heterocycles. The molecular weight excluding hydrogens is 324 g/mol. The molecular formula is C15H20ClN2O3S+. The van der Waals surface area contributed by atoms with Gasteiger partial charge in [-0.1, -0.05) is 23.7 Å². The highest BCUT2D eigenvalue weighted by Gasteiger charge is 2.30. The van der Waals surface area contributed by atoms with E-state index in [1.165, 1.54) is 7.11 Å². The van der Waals surface area contributed by atoms with Gasteiger partial charge in [0.15, 0.2) is 11.8 Å². The number of amides is 1. The Balaban J connectivity index is 1.78. The molecule has 1 aromatic rings.